The van der Waals surface area contributed by atoms with Gasteiger partial charge in [-0.3, -0.25) is 4.68 Å². The number of hydrogen-bond acceptors (Lipinski definition) is 3. The van der Waals surface area contributed by atoms with Crippen molar-refractivity contribution in [2.75, 3.05) is 23.3 Å². The molecular weight excluding hydrogens is 200 g/mol. The normalized spacial score (nSPS) is 24.4. The minimum absolute atomic E-state index is 0.671. The molecule has 0 saturated carbocycles. The molecule has 0 radical (unpaired) electrons. The Labute approximate surface area is 96.6 Å². The highest BCUT2D eigenvalue weighted by molar-refractivity contribution is 5.72. The third-order valence-corrected chi connectivity index (χ3v) is 3.86. The number of aryl methyl sites for hydroxylation is 2. The van der Waals surface area contributed by atoms with E-state index in [9.17, 15) is 0 Å². The molecule has 88 valence electrons. The van der Waals surface area contributed by atoms with Crippen LogP contribution in [-0.4, -0.2) is 28.9 Å². The molecule has 1 unspecified atom stereocenters. The van der Waals surface area contributed by atoms with Gasteiger partial charge in [0.2, 0.25) is 0 Å². The van der Waals surface area contributed by atoms with E-state index in [1.165, 1.54) is 43.7 Å². The fourth-order valence-electron chi connectivity index (χ4n) is 3.07. The van der Waals surface area contributed by atoms with Crippen LogP contribution in [0.5, 0.6) is 0 Å². The molecule has 1 saturated heterocycles. The lowest BCUT2D eigenvalue weighted by Gasteiger charge is -2.37. The summed E-state index contributed by atoms with van der Waals surface area (Å²) in [5.74, 6) is 1.30. The molecule has 1 aromatic heterocycles. The molecule has 0 spiro atoms. The standard InChI is InChI=1S/C12H20N4/c1-9-11-12(15(2)14-9)16-7-5-3-4-6-10(16)8-13-11/h10,13H,3-8H2,1-2H3. The van der Waals surface area contributed by atoms with Crippen LogP contribution in [0, 0.1) is 6.92 Å². The summed E-state index contributed by atoms with van der Waals surface area (Å²) in [6.07, 6.45) is 5.38. The van der Waals surface area contributed by atoms with Gasteiger partial charge in [0.25, 0.3) is 0 Å². The lowest BCUT2D eigenvalue weighted by atomic mass is 10.1. The molecule has 0 aromatic carbocycles. The van der Waals surface area contributed by atoms with Gasteiger partial charge in [-0.05, 0) is 19.8 Å². The van der Waals surface area contributed by atoms with Crippen molar-refractivity contribution < 1.29 is 0 Å². The van der Waals surface area contributed by atoms with Gasteiger partial charge in [0.05, 0.1) is 5.69 Å². The zero-order valence-corrected chi connectivity index (χ0v) is 10.2. The van der Waals surface area contributed by atoms with Crippen LogP contribution in [0.15, 0.2) is 0 Å². The second kappa shape index (κ2) is 3.68. The Morgan fingerprint density at radius 3 is 3.06 bits per heavy atom. The summed E-state index contributed by atoms with van der Waals surface area (Å²) in [6, 6.07) is 0.671. The molecule has 0 aliphatic carbocycles. The van der Waals surface area contributed by atoms with Crippen molar-refractivity contribution in [2.24, 2.45) is 7.05 Å². The first-order chi connectivity index (χ1) is 7.77. The van der Waals surface area contributed by atoms with Gasteiger partial charge in [0.15, 0.2) is 5.82 Å². The molecule has 2 aliphatic rings. The van der Waals surface area contributed by atoms with Crippen LogP contribution in [0.25, 0.3) is 0 Å². The first kappa shape index (κ1) is 10.00. The summed E-state index contributed by atoms with van der Waals surface area (Å²) in [6.45, 7) is 4.36. The fourth-order valence-corrected chi connectivity index (χ4v) is 3.07. The van der Waals surface area contributed by atoms with Crippen LogP contribution in [0.3, 0.4) is 0 Å². The summed E-state index contributed by atoms with van der Waals surface area (Å²) in [5.41, 5.74) is 2.38. The number of aromatic nitrogens is 2. The highest BCUT2D eigenvalue weighted by atomic mass is 15.4. The Balaban J connectivity index is 2.02. The Hall–Kier alpha value is -1.19. The number of nitrogens with one attached hydrogen (secondary N) is 1. The molecule has 1 aromatic rings. The second-order valence-corrected chi connectivity index (χ2v) is 4.99. The van der Waals surface area contributed by atoms with Gasteiger partial charge in [-0.2, -0.15) is 5.10 Å². The van der Waals surface area contributed by atoms with Crippen LogP contribution in [0.4, 0.5) is 11.5 Å². The van der Waals surface area contributed by atoms with Gasteiger partial charge in [0.1, 0.15) is 5.69 Å². The Bertz CT molecular complexity index is 396. The zero-order valence-electron chi connectivity index (χ0n) is 10.2. The lowest BCUT2D eigenvalue weighted by Crippen LogP contribution is -2.44. The van der Waals surface area contributed by atoms with E-state index in [0.717, 1.165) is 12.2 Å². The molecule has 1 atom stereocenters. The van der Waals surface area contributed by atoms with Crippen molar-refractivity contribution in [1.29, 1.82) is 0 Å². The monoisotopic (exact) mass is 220 g/mol. The molecule has 1 fully saturated rings. The van der Waals surface area contributed by atoms with Crippen LogP contribution < -0.4 is 10.2 Å². The molecule has 0 amide bonds. The van der Waals surface area contributed by atoms with E-state index < -0.39 is 0 Å². The van der Waals surface area contributed by atoms with Crippen molar-refractivity contribution in [2.45, 2.75) is 38.6 Å². The summed E-state index contributed by atoms with van der Waals surface area (Å²) in [4.78, 5) is 2.57. The molecule has 4 nitrogen and oxygen atoms in total. The summed E-state index contributed by atoms with van der Waals surface area (Å²) < 4.78 is 2.04. The van der Waals surface area contributed by atoms with Crippen molar-refractivity contribution in [3.05, 3.63) is 5.69 Å². The van der Waals surface area contributed by atoms with Crippen molar-refractivity contribution in [1.82, 2.24) is 9.78 Å². The predicted molar refractivity (Wildman–Crippen MR) is 66.0 cm³/mol. The van der Waals surface area contributed by atoms with Gasteiger partial charge in [-0.15, -0.1) is 0 Å². The molecule has 1 N–H and O–H groups in total. The van der Waals surface area contributed by atoms with Crippen LogP contribution >= 0.6 is 0 Å². The molecular formula is C12H20N4. The Kier molecular flexibility index (Phi) is 2.30. The number of rotatable bonds is 0. The number of anilines is 2. The second-order valence-electron chi connectivity index (χ2n) is 4.99. The van der Waals surface area contributed by atoms with Crippen LogP contribution in [0.2, 0.25) is 0 Å². The van der Waals surface area contributed by atoms with E-state index in [1.54, 1.807) is 0 Å². The number of fused-ring (bicyclic) bond motifs is 3. The van der Waals surface area contributed by atoms with Crippen LogP contribution in [0.1, 0.15) is 31.4 Å². The van der Waals surface area contributed by atoms with Gasteiger partial charge >= 0.3 is 0 Å². The van der Waals surface area contributed by atoms with Crippen molar-refractivity contribution in [3.8, 4) is 0 Å². The maximum Gasteiger partial charge on any atom is 0.150 e. The minimum atomic E-state index is 0.671. The lowest BCUT2D eigenvalue weighted by molar-refractivity contribution is 0.565. The van der Waals surface area contributed by atoms with Crippen LogP contribution in [-0.2, 0) is 7.05 Å². The van der Waals surface area contributed by atoms with Crippen molar-refractivity contribution >= 4 is 11.5 Å². The van der Waals surface area contributed by atoms with E-state index in [-0.39, 0.29) is 0 Å². The number of hydrogen-bond donors (Lipinski definition) is 1. The third kappa shape index (κ3) is 1.39. The average Bonchev–Trinajstić information content (AvgIpc) is 2.49. The topological polar surface area (TPSA) is 33.1 Å². The molecule has 16 heavy (non-hydrogen) atoms. The first-order valence-corrected chi connectivity index (χ1v) is 6.31. The number of nitrogens with zero attached hydrogens (tertiary/aromatic N) is 3. The summed E-state index contributed by atoms with van der Waals surface area (Å²) in [7, 11) is 2.06. The highest BCUT2D eigenvalue weighted by Crippen LogP contribution is 2.36. The summed E-state index contributed by atoms with van der Waals surface area (Å²) in [5, 5.41) is 8.08. The Morgan fingerprint density at radius 1 is 1.31 bits per heavy atom. The van der Waals surface area contributed by atoms with E-state index in [0.29, 0.717) is 6.04 Å². The highest BCUT2D eigenvalue weighted by Gasteiger charge is 2.31. The van der Waals surface area contributed by atoms with Gasteiger partial charge in [-0.1, -0.05) is 12.8 Å². The van der Waals surface area contributed by atoms with E-state index in [4.69, 9.17) is 0 Å². The smallest absolute Gasteiger partial charge is 0.150 e. The van der Waals surface area contributed by atoms with E-state index >= 15 is 0 Å². The predicted octanol–water partition coefficient (Wildman–Crippen LogP) is 1.90. The molecule has 0 bridgehead atoms. The average molecular weight is 220 g/mol. The maximum atomic E-state index is 4.53. The van der Waals surface area contributed by atoms with Gasteiger partial charge in [0, 0.05) is 26.2 Å². The van der Waals surface area contributed by atoms with E-state index in [1.807, 2.05) is 4.68 Å². The fraction of sp³-hybridized carbons (Fsp3) is 0.750. The maximum absolute atomic E-state index is 4.53. The summed E-state index contributed by atoms with van der Waals surface area (Å²) >= 11 is 0. The van der Waals surface area contributed by atoms with Crippen molar-refractivity contribution in [3.63, 3.8) is 0 Å². The molecule has 4 heteroatoms. The Morgan fingerprint density at radius 2 is 2.19 bits per heavy atom. The minimum Gasteiger partial charge on any atom is -0.378 e. The third-order valence-electron chi connectivity index (χ3n) is 3.86. The first-order valence-electron chi connectivity index (χ1n) is 6.31. The SMILES string of the molecule is Cc1nn(C)c2c1NCC1CCCCCN21. The van der Waals surface area contributed by atoms with Gasteiger partial charge < -0.3 is 10.2 Å². The zero-order chi connectivity index (χ0) is 11.1. The quantitative estimate of drug-likeness (QED) is 0.725. The van der Waals surface area contributed by atoms with E-state index in [2.05, 4.69) is 29.3 Å². The van der Waals surface area contributed by atoms with Gasteiger partial charge in [-0.25, -0.2) is 0 Å². The molecule has 3 heterocycles. The molecule has 2 aliphatic heterocycles. The largest absolute Gasteiger partial charge is 0.378 e. The molecule has 3 rings (SSSR count).